The van der Waals surface area contributed by atoms with Gasteiger partial charge in [-0.2, -0.15) is 0 Å². The monoisotopic (exact) mass is 434 g/mol. The van der Waals surface area contributed by atoms with Gasteiger partial charge in [-0.25, -0.2) is 0 Å². The molecule has 31 heavy (non-hydrogen) atoms. The van der Waals surface area contributed by atoms with Crippen LogP contribution in [0.3, 0.4) is 0 Å². The summed E-state index contributed by atoms with van der Waals surface area (Å²) in [6.45, 7) is 10.2. The first-order chi connectivity index (χ1) is 14.0. The SMILES string of the molecule is CC(=O)C1C(O)CC2(C)C3CC=C(C(C)(C)C(=O)O)C(CC(=O)O)C3(C)C(=O)CC12C. The fourth-order valence-electron chi connectivity index (χ4n) is 7.48. The normalized spacial score (nSPS) is 42.4. The summed E-state index contributed by atoms with van der Waals surface area (Å²) in [5.41, 5.74) is -3.23. The summed E-state index contributed by atoms with van der Waals surface area (Å²) in [5, 5.41) is 30.3. The van der Waals surface area contributed by atoms with E-state index in [0.717, 1.165) is 0 Å². The Kier molecular flexibility index (Phi) is 5.33. The second kappa shape index (κ2) is 6.99. The quantitative estimate of drug-likeness (QED) is 0.567. The van der Waals surface area contributed by atoms with Crippen LogP contribution in [0.5, 0.6) is 0 Å². The molecule has 172 valence electrons. The van der Waals surface area contributed by atoms with Crippen LogP contribution in [0.25, 0.3) is 0 Å². The minimum Gasteiger partial charge on any atom is -0.481 e. The van der Waals surface area contributed by atoms with E-state index in [2.05, 4.69) is 0 Å². The van der Waals surface area contributed by atoms with Gasteiger partial charge in [-0.15, -0.1) is 0 Å². The van der Waals surface area contributed by atoms with E-state index in [1.165, 1.54) is 6.92 Å². The first kappa shape index (κ1) is 23.6. The minimum absolute atomic E-state index is 0.0642. The number of carboxylic acid groups (broad SMARTS) is 2. The van der Waals surface area contributed by atoms with Crippen LogP contribution >= 0.6 is 0 Å². The number of fused-ring (bicyclic) bond motifs is 3. The number of ketones is 2. The lowest BCUT2D eigenvalue weighted by atomic mass is 9.40. The average molecular weight is 435 g/mol. The highest BCUT2D eigenvalue weighted by molar-refractivity contribution is 5.91. The van der Waals surface area contributed by atoms with Gasteiger partial charge in [0.15, 0.2) is 0 Å². The second-order valence-electron chi connectivity index (χ2n) is 11.1. The van der Waals surface area contributed by atoms with Gasteiger partial charge in [0.2, 0.25) is 0 Å². The van der Waals surface area contributed by atoms with Gasteiger partial charge in [-0.3, -0.25) is 19.2 Å². The van der Waals surface area contributed by atoms with Crippen molar-refractivity contribution in [3.8, 4) is 0 Å². The van der Waals surface area contributed by atoms with Crippen LogP contribution < -0.4 is 0 Å². The number of Topliss-reactive ketones (excluding diaryl/α,β-unsaturated/α-hetero) is 2. The van der Waals surface area contributed by atoms with Gasteiger partial charge in [0.1, 0.15) is 11.6 Å². The van der Waals surface area contributed by atoms with Crippen molar-refractivity contribution in [3.63, 3.8) is 0 Å². The Morgan fingerprint density at radius 2 is 1.71 bits per heavy atom. The molecule has 3 aliphatic rings. The van der Waals surface area contributed by atoms with E-state index < -0.39 is 51.5 Å². The Hall–Kier alpha value is -2.02. The molecule has 2 saturated carbocycles. The number of rotatable bonds is 5. The van der Waals surface area contributed by atoms with Crippen molar-refractivity contribution in [2.75, 3.05) is 0 Å². The summed E-state index contributed by atoms with van der Waals surface area (Å²) >= 11 is 0. The number of carbonyl (C=O) groups is 4. The molecule has 3 rings (SSSR count). The van der Waals surface area contributed by atoms with Gasteiger partial charge in [0.25, 0.3) is 0 Å². The molecular weight excluding hydrogens is 400 g/mol. The first-order valence-electron chi connectivity index (χ1n) is 10.9. The number of aliphatic hydroxyl groups excluding tert-OH is 1. The summed E-state index contributed by atoms with van der Waals surface area (Å²) in [6, 6.07) is 0. The molecule has 0 spiro atoms. The molecule has 3 N–H and O–H groups in total. The van der Waals surface area contributed by atoms with Gasteiger partial charge in [0, 0.05) is 23.7 Å². The molecule has 0 aliphatic heterocycles. The second-order valence-corrected chi connectivity index (χ2v) is 11.1. The van der Waals surface area contributed by atoms with E-state index in [1.54, 1.807) is 20.8 Å². The zero-order valence-electron chi connectivity index (χ0n) is 19.2. The zero-order valence-corrected chi connectivity index (χ0v) is 19.2. The Balaban J connectivity index is 2.23. The Morgan fingerprint density at radius 3 is 2.19 bits per heavy atom. The number of aliphatic carboxylic acids is 2. The van der Waals surface area contributed by atoms with E-state index in [1.807, 2.05) is 19.9 Å². The molecule has 0 heterocycles. The molecule has 0 aromatic heterocycles. The molecule has 0 aromatic rings. The standard InChI is InChI=1S/C24H34O7/c1-12(25)19-15(26)10-22(4)16-8-7-13(21(2,3)20(30)31)14(9-18(28)29)24(16,6)17(27)11-23(19,22)5/h7,14-16,19,26H,8-11H2,1-6H3,(H,28,29)(H,30,31). The van der Waals surface area contributed by atoms with Crippen LogP contribution in [0.15, 0.2) is 11.6 Å². The smallest absolute Gasteiger partial charge is 0.313 e. The number of allylic oxidation sites excluding steroid dienone is 1. The first-order valence-corrected chi connectivity index (χ1v) is 10.9. The predicted octanol–water partition coefficient (Wildman–Crippen LogP) is 3.10. The molecule has 0 saturated heterocycles. The van der Waals surface area contributed by atoms with Gasteiger partial charge in [0.05, 0.1) is 17.9 Å². The minimum atomic E-state index is -1.31. The third-order valence-electron chi connectivity index (χ3n) is 9.38. The molecule has 0 aromatic carbocycles. The van der Waals surface area contributed by atoms with Crippen LogP contribution in [0.2, 0.25) is 0 Å². The fourth-order valence-corrected chi connectivity index (χ4v) is 7.48. The number of hydrogen-bond acceptors (Lipinski definition) is 5. The van der Waals surface area contributed by atoms with Gasteiger partial charge < -0.3 is 15.3 Å². The van der Waals surface area contributed by atoms with Crippen molar-refractivity contribution < 1.29 is 34.5 Å². The summed E-state index contributed by atoms with van der Waals surface area (Å²) in [4.78, 5) is 50.1. The number of hydrogen-bond donors (Lipinski definition) is 3. The van der Waals surface area contributed by atoms with Crippen LogP contribution in [0.1, 0.15) is 67.2 Å². The molecule has 7 heteroatoms. The molecule has 0 radical (unpaired) electrons. The van der Waals surface area contributed by atoms with Crippen LogP contribution in [-0.4, -0.2) is 44.9 Å². The Bertz CT molecular complexity index is 886. The lowest BCUT2D eigenvalue weighted by Crippen LogP contribution is -2.62. The van der Waals surface area contributed by atoms with Crippen molar-refractivity contribution in [1.29, 1.82) is 0 Å². The van der Waals surface area contributed by atoms with Crippen molar-refractivity contribution in [2.24, 2.45) is 39.4 Å². The van der Waals surface area contributed by atoms with Crippen molar-refractivity contribution in [2.45, 2.75) is 73.3 Å². The van der Waals surface area contributed by atoms with E-state index in [4.69, 9.17) is 0 Å². The summed E-state index contributed by atoms with van der Waals surface area (Å²) in [5.74, 6) is -4.15. The van der Waals surface area contributed by atoms with Crippen molar-refractivity contribution >= 4 is 23.5 Å². The molecule has 7 nitrogen and oxygen atoms in total. The van der Waals surface area contributed by atoms with Crippen LogP contribution in [0.4, 0.5) is 0 Å². The van der Waals surface area contributed by atoms with Crippen molar-refractivity contribution in [1.82, 2.24) is 0 Å². The summed E-state index contributed by atoms with van der Waals surface area (Å²) in [6.07, 6.45) is 1.44. The number of carbonyl (C=O) groups excluding carboxylic acids is 2. The number of carboxylic acids is 2. The van der Waals surface area contributed by atoms with E-state index in [9.17, 15) is 34.5 Å². The highest BCUT2D eigenvalue weighted by Gasteiger charge is 2.72. The molecule has 0 amide bonds. The molecular formula is C24H34O7. The third-order valence-corrected chi connectivity index (χ3v) is 9.38. The summed E-state index contributed by atoms with van der Waals surface area (Å²) < 4.78 is 0. The molecule has 2 fully saturated rings. The van der Waals surface area contributed by atoms with Gasteiger partial charge in [-0.05, 0) is 50.4 Å². The fraction of sp³-hybridized carbons (Fsp3) is 0.750. The van der Waals surface area contributed by atoms with E-state index in [0.29, 0.717) is 18.4 Å². The zero-order chi connectivity index (χ0) is 23.7. The van der Waals surface area contributed by atoms with E-state index in [-0.39, 0.29) is 30.3 Å². The molecule has 0 bridgehead atoms. The Morgan fingerprint density at radius 1 is 1.13 bits per heavy atom. The maximum atomic E-state index is 13.8. The van der Waals surface area contributed by atoms with Crippen LogP contribution in [-0.2, 0) is 19.2 Å². The van der Waals surface area contributed by atoms with Crippen LogP contribution in [0, 0.1) is 39.4 Å². The Labute approximate surface area is 182 Å². The predicted molar refractivity (Wildman–Crippen MR) is 112 cm³/mol. The molecule has 3 aliphatic carbocycles. The maximum Gasteiger partial charge on any atom is 0.313 e. The average Bonchev–Trinajstić information content (AvgIpc) is 2.81. The lowest BCUT2D eigenvalue weighted by Gasteiger charge is -2.62. The number of aliphatic hydroxyl groups is 1. The third kappa shape index (κ3) is 2.95. The van der Waals surface area contributed by atoms with E-state index >= 15 is 0 Å². The largest absolute Gasteiger partial charge is 0.481 e. The molecule has 7 unspecified atom stereocenters. The highest BCUT2D eigenvalue weighted by atomic mass is 16.4. The van der Waals surface area contributed by atoms with Gasteiger partial charge >= 0.3 is 11.9 Å². The topological polar surface area (TPSA) is 129 Å². The summed E-state index contributed by atoms with van der Waals surface area (Å²) in [7, 11) is 0. The maximum absolute atomic E-state index is 13.8. The highest BCUT2D eigenvalue weighted by Crippen LogP contribution is 2.72. The molecule has 7 atom stereocenters. The lowest BCUT2D eigenvalue weighted by molar-refractivity contribution is -0.171. The van der Waals surface area contributed by atoms with Gasteiger partial charge in [-0.1, -0.05) is 32.4 Å². The van der Waals surface area contributed by atoms with Crippen molar-refractivity contribution in [3.05, 3.63) is 11.6 Å².